The Hall–Kier alpha value is -2.82. The van der Waals surface area contributed by atoms with Crippen molar-refractivity contribution in [3.05, 3.63) is 59.2 Å². The highest BCUT2D eigenvalue weighted by Crippen LogP contribution is 2.27. The highest BCUT2D eigenvalue weighted by atomic mass is 16.5. The molecule has 1 atom stereocenters. The predicted octanol–water partition coefficient (Wildman–Crippen LogP) is 3.49. The lowest BCUT2D eigenvalue weighted by Crippen LogP contribution is -2.34. The molecular formula is C21H24N2O3. The van der Waals surface area contributed by atoms with Crippen LogP contribution in [0.15, 0.2) is 47.6 Å². The van der Waals surface area contributed by atoms with Gasteiger partial charge in [-0.1, -0.05) is 24.3 Å². The van der Waals surface area contributed by atoms with Crippen LogP contribution in [0, 0.1) is 0 Å². The lowest BCUT2D eigenvalue weighted by Gasteiger charge is -2.15. The molecule has 0 aromatic heterocycles. The van der Waals surface area contributed by atoms with E-state index in [-0.39, 0.29) is 5.91 Å². The van der Waals surface area contributed by atoms with Crippen LogP contribution in [-0.2, 0) is 17.6 Å². The molecule has 1 aliphatic carbocycles. The molecule has 2 aromatic rings. The van der Waals surface area contributed by atoms with Crippen LogP contribution in [0.25, 0.3) is 0 Å². The summed E-state index contributed by atoms with van der Waals surface area (Å²) in [4.78, 5) is 12.3. The zero-order valence-electron chi connectivity index (χ0n) is 15.4. The smallest absolute Gasteiger partial charge is 0.280 e. The van der Waals surface area contributed by atoms with E-state index in [1.165, 1.54) is 17.5 Å². The summed E-state index contributed by atoms with van der Waals surface area (Å²) in [5.41, 5.74) is 7.20. The van der Waals surface area contributed by atoms with Gasteiger partial charge in [-0.3, -0.25) is 4.79 Å². The number of fused-ring (bicyclic) bond motifs is 1. The van der Waals surface area contributed by atoms with E-state index in [2.05, 4.69) is 28.7 Å². The molecule has 0 radical (unpaired) electrons. The number of hydrogen-bond acceptors (Lipinski definition) is 4. The largest absolute Gasteiger partial charge is 0.493 e. The third-order valence-electron chi connectivity index (χ3n) is 4.59. The van der Waals surface area contributed by atoms with Gasteiger partial charge in [0.05, 0.1) is 12.8 Å². The Labute approximate surface area is 154 Å². The molecule has 0 saturated carbocycles. The number of amides is 1. The quantitative estimate of drug-likeness (QED) is 0.639. The number of rotatable bonds is 6. The lowest BCUT2D eigenvalue weighted by atomic mass is 10.0. The summed E-state index contributed by atoms with van der Waals surface area (Å²) >= 11 is 0. The summed E-state index contributed by atoms with van der Waals surface area (Å²) in [5, 5.41) is 4.23. The summed E-state index contributed by atoms with van der Waals surface area (Å²) in [6.07, 6.45) is 2.79. The number of nitrogens with one attached hydrogen (secondary N) is 1. The molecule has 0 spiro atoms. The van der Waals surface area contributed by atoms with Crippen LogP contribution in [0.5, 0.6) is 11.5 Å². The van der Waals surface area contributed by atoms with Crippen molar-refractivity contribution in [3.8, 4) is 11.5 Å². The summed E-state index contributed by atoms with van der Waals surface area (Å²) in [6, 6.07) is 13.6. The van der Waals surface area contributed by atoms with Crippen LogP contribution in [0.1, 0.15) is 37.0 Å². The highest BCUT2D eigenvalue weighted by molar-refractivity contribution is 5.99. The average Bonchev–Trinajstić information content (AvgIpc) is 3.13. The summed E-state index contributed by atoms with van der Waals surface area (Å²) in [5.74, 6) is 0.804. The Morgan fingerprint density at radius 2 is 1.85 bits per heavy atom. The zero-order valence-corrected chi connectivity index (χ0v) is 15.4. The summed E-state index contributed by atoms with van der Waals surface area (Å²) in [6.45, 7) is 3.57. The van der Waals surface area contributed by atoms with Gasteiger partial charge < -0.3 is 9.47 Å². The van der Waals surface area contributed by atoms with Gasteiger partial charge in [0.1, 0.15) is 0 Å². The topological polar surface area (TPSA) is 59.9 Å². The van der Waals surface area contributed by atoms with Crippen molar-refractivity contribution >= 4 is 11.6 Å². The van der Waals surface area contributed by atoms with E-state index in [4.69, 9.17) is 9.47 Å². The SMILES string of the molecule is COc1ccccc1OC(C)C(=O)N/N=C(/C)c1ccc2c(c1)CCC2. The minimum atomic E-state index is -0.692. The maximum Gasteiger partial charge on any atom is 0.280 e. The molecule has 1 aliphatic rings. The summed E-state index contributed by atoms with van der Waals surface area (Å²) < 4.78 is 10.9. The number of nitrogens with zero attached hydrogens (tertiary/aromatic N) is 1. The van der Waals surface area contributed by atoms with E-state index in [1.807, 2.05) is 19.1 Å². The van der Waals surface area contributed by atoms with Crippen molar-refractivity contribution in [3.63, 3.8) is 0 Å². The second kappa shape index (κ2) is 8.04. The number of ether oxygens (including phenoxy) is 2. The van der Waals surface area contributed by atoms with E-state index in [0.717, 1.165) is 24.1 Å². The number of benzene rings is 2. The second-order valence-corrected chi connectivity index (χ2v) is 6.42. The minimum Gasteiger partial charge on any atom is -0.493 e. The standard InChI is InChI=1S/C21H24N2O3/c1-14(17-12-11-16-7-6-8-18(16)13-17)22-23-21(24)15(2)26-20-10-5-4-9-19(20)25-3/h4-5,9-13,15H,6-8H2,1-3H3,(H,23,24)/b22-14-. The predicted molar refractivity (Wildman–Crippen MR) is 102 cm³/mol. The molecule has 0 aliphatic heterocycles. The maximum absolute atomic E-state index is 12.3. The van der Waals surface area contributed by atoms with Crippen LogP contribution >= 0.6 is 0 Å². The highest BCUT2D eigenvalue weighted by Gasteiger charge is 2.17. The van der Waals surface area contributed by atoms with Crippen molar-refractivity contribution < 1.29 is 14.3 Å². The monoisotopic (exact) mass is 352 g/mol. The molecule has 0 saturated heterocycles. The van der Waals surface area contributed by atoms with Gasteiger partial charge in [-0.25, -0.2) is 5.43 Å². The van der Waals surface area contributed by atoms with E-state index < -0.39 is 6.10 Å². The fourth-order valence-electron chi connectivity index (χ4n) is 3.05. The first-order valence-corrected chi connectivity index (χ1v) is 8.84. The average molecular weight is 352 g/mol. The zero-order chi connectivity index (χ0) is 18.5. The number of carbonyl (C=O) groups excluding carboxylic acids is 1. The molecule has 1 unspecified atom stereocenters. The van der Waals surface area contributed by atoms with Gasteiger partial charge in [-0.05, 0) is 68.0 Å². The minimum absolute atomic E-state index is 0.309. The van der Waals surface area contributed by atoms with Gasteiger partial charge in [0, 0.05) is 0 Å². The molecule has 5 nitrogen and oxygen atoms in total. The van der Waals surface area contributed by atoms with Crippen LogP contribution in [0.2, 0.25) is 0 Å². The van der Waals surface area contributed by atoms with Gasteiger partial charge >= 0.3 is 0 Å². The molecule has 3 rings (SSSR count). The lowest BCUT2D eigenvalue weighted by molar-refractivity contribution is -0.127. The Bertz CT molecular complexity index is 830. The van der Waals surface area contributed by atoms with Crippen molar-refractivity contribution in [1.82, 2.24) is 5.43 Å². The number of hydrazone groups is 1. The first-order chi connectivity index (χ1) is 12.6. The Balaban J connectivity index is 1.62. The Kier molecular flexibility index (Phi) is 5.56. The van der Waals surface area contributed by atoms with E-state index in [1.54, 1.807) is 26.2 Å². The molecule has 1 N–H and O–H groups in total. The Morgan fingerprint density at radius 1 is 1.12 bits per heavy atom. The maximum atomic E-state index is 12.3. The second-order valence-electron chi connectivity index (χ2n) is 6.42. The fraction of sp³-hybridized carbons (Fsp3) is 0.333. The molecule has 0 bridgehead atoms. The van der Waals surface area contributed by atoms with Crippen LogP contribution in [-0.4, -0.2) is 24.8 Å². The van der Waals surface area contributed by atoms with Gasteiger partial charge in [0.15, 0.2) is 17.6 Å². The number of methoxy groups -OCH3 is 1. The van der Waals surface area contributed by atoms with Crippen LogP contribution in [0.3, 0.4) is 0 Å². The molecule has 0 heterocycles. The number of aryl methyl sites for hydroxylation is 2. The Morgan fingerprint density at radius 3 is 2.62 bits per heavy atom. The molecule has 1 amide bonds. The third kappa shape index (κ3) is 4.04. The normalized spacial score (nSPS) is 14.5. The van der Waals surface area contributed by atoms with Crippen LogP contribution < -0.4 is 14.9 Å². The van der Waals surface area contributed by atoms with Crippen molar-refractivity contribution in [2.75, 3.05) is 7.11 Å². The molecular weight excluding hydrogens is 328 g/mol. The third-order valence-corrected chi connectivity index (χ3v) is 4.59. The first-order valence-electron chi connectivity index (χ1n) is 8.84. The molecule has 26 heavy (non-hydrogen) atoms. The van der Waals surface area contributed by atoms with E-state index in [0.29, 0.717) is 11.5 Å². The summed E-state index contributed by atoms with van der Waals surface area (Å²) in [7, 11) is 1.57. The molecule has 136 valence electrons. The number of carbonyl (C=O) groups is 1. The van der Waals surface area contributed by atoms with E-state index >= 15 is 0 Å². The van der Waals surface area contributed by atoms with Crippen LogP contribution in [0.4, 0.5) is 0 Å². The van der Waals surface area contributed by atoms with Gasteiger partial charge in [-0.2, -0.15) is 5.10 Å². The first kappa shape index (κ1) is 18.0. The van der Waals surface area contributed by atoms with Crippen molar-refractivity contribution in [2.45, 2.75) is 39.2 Å². The van der Waals surface area contributed by atoms with Gasteiger partial charge in [0.25, 0.3) is 5.91 Å². The fourth-order valence-corrected chi connectivity index (χ4v) is 3.05. The number of hydrogen-bond donors (Lipinski definition) is 1. The van der Waals surface area contributed by atoms with Crippen molar-refractivity contribution in [1.29, 1.82) is 0 Å². The molecule has 5 heteroatoms. The van der Waals surface area contributed by atoms with Crippen molar-refractivity contribution in [2.24, 2.45) is 5.10 Å². The van der Waals surface area contributed by atoms with E-state index in [9.17, 15) is 4.79 Å². The number of para-hydroxylation sites is 2. The molecule has 2 aromatic carbocycles. The molecule has 0 fully saturated rings. The van der Waals surface area contributed by atoms with Gasteiger partial charge in [0.2, 0.25) is 0 Å². The van der Waals surface area contributed by atoms with Gasteiger partial charge in [-0.15, -0.1) is 0 Å².